The maximum absolute atomic E-state index is 14.1. The number of benzene rings is 2. The van der Waals surface area contributed by atoms with E-state index >= 15 is 0 Å². The van der Waals surface area contributed by atoms with E-state index in [-0.39, 0.29) is 15.1 Å². The monoisotopic (exact) mass is 415 g/mol. The van der Waals surface area contributed by atoms with Crippen LogP contribution in [0.2, 0.25) is 0 Å². The highest BCUT2D eigenvalue weighted by atomic mass is 79.9. The molecule has 2 N–H and O–H groups in total. The minimum absolute atomic E-state index is 0.0407. The number of phenols is 1. The smallest absolute Gasteiger partial charge is 0.265 e. The number of rotatable bonds is 4. The van der Waals surface area contributed by atoms with E-state index in [0.29, 0.717) is 0 Å². The minimum atomic E-state index is -4.14. The van der Waals surface area contributed by atoms with Crippen LogP contribution < -0.4 is 9.46 Å². The summed E-state index contributed by atoms with van der Waals surface area (Å²) in [7, 11) is -2.75. The topological polar surface area (TPSA) is 75.6 Å². The molecule has 128 valence electrons. The van der Waals surface area contributed by atoms with Crippen LogP contribution in [-0.2, 0) is 22.9 Å². The van der Waals surface area contributed by atoms with Crippen LogP contribution in [0.1, 0.15) is 17.5 Å². The van der Waals surface area contributed by atoms with Crippen LogP contribution >= 0.6 is 15.9 Å². The second-order valence-electron chi connectivity index (χ2n) is 5.49. The molecular weight excluding hydrogens is 401 g/mol. The molecule has 24 heavy (non-hydrogen) atoms. The summed E-state index contributed by atoms with van der Waals surface area (Å²) in [4.78, 5) is -0.0792. The number of fused-ring (bicyclic) bond motifs is 1. The van der Waals surface area contributed by atoms with Gasteiger partial charge >= 0.3 is 0 Å². The molecule has 0 heterocycles. The van der Waals surface area contributed by atoms with Crippen molar-refractivity contribution in [2.75, 3.05) is 11.8 Å². The summed E-state index contributed by atoms with van der Waals surface area (Å²) in [6.07, 6.45) is 2.62. The van der Waals surface area contributed by atoms with Crippen molar-refractivity contribution in [3.8, 4) is 11.5 Å². The van der Waals surface area contributed by atoms with E-state index in [1.54, 1.807) is 12.1 Å². The quantitative estimate of drug-likeness (QED) is 0.748. The van der Waals surface area contributed by atoms with Crippen molar-refractivity contribution in [2.45, 2.75) is 24.2 Å². The van der Waals surface area contributed by atoms with Crippen molar-refractivity contribution in [2.24, 2.45) is 0 Å². The van der Waals surface area contributed by atoms with Crippen molar-refractivity contribution in [3.05, 3.63) is 45.7 Å². The van der Waals surface area contributed by atoms with E-state index in [9.17, 15) is 17.9 Å². The molecule has 1 aliphatic carbocycles. The molecule has 0 amide bonds. The van der Waals surface area contributed by atoms with Gasteiger partial charge in [0.05, 0.1) is 11.6 Å². The Labute approximate surface area is 147 Å². The second kappa shape index (κ2) is 6.25. The Morgan fingerprint density at radius 2 is 1.92 bits per heavy atom. The predicted molar refractivity (Wildman–Crippen MR) is 91.6 cm³/mol. The van der Waals surface area contributed by atoms with Gasteiger partial charge in [0.25, 0.3) is 10.0 Å². The summed E-state index contributed by atoms with van der Waals surface area (Å²) >= 11 is 2.97. The van der Waals surface area contributed by atoms with Gasteiger partial charge < -0.3 is 9.84 Å². The summed E-state index contributed by atoms with van der Waals surface area (Å²) in [5, 5.41) is 9.79. The average Bonchev–Trinajstić information content (AvgIpc) is 3.01. The van der Waals surface area contributed by atoms with E-state index in [2.05, 4.69) is 20.7 Å². The largest absolute Gasteiger partial charge is 0.506 e. The summed E-state index contributed by atoms with van der Waals surface area (Å²) in [6, 6.07) is 5.74. The lowest BCUT2D eigenvalue weighted by Gasteiger charge is -2.15. The van der Waals surface area contributed by atoms with Gasteiger partial charge in [0.2, 0.25) is 0 Å². The highest BCUT2D eigenvalue weighted by molar-refractivity contribution is 9.10. The maximum atomic E-state index is 14.1. The number of aryl methyl sites for hydroxylation is 2. The van der Waals surface area contributed by atoms with Crippen LogP contribution in [0.5, 0.6) is 11.5 Å². The zero-order chi connectivity index (χ0) is 17.5. The standard InChI is InChI=1S/C16H15BrFNO4S/c1-23-13-7-9-3-2-4-10(9)8-14(13)24(21,22)19-16-12(20)6-5-11(17)15(16)18/h5-8,19-20H,2-4H2,1H3. The maximum Gasteiger partial charge on any atom is 0.265 e. The van der Waals surface area contributed by atoms with Crippen molar-refractivity contribution in [1.82, 2.24) is 0 Å². The first-order valence-corrected chi connectivity index (χ1v) is 9.50. The van der Waals surface area contributed by atoms with E-state index in [1.807, 2.05) is 0 Å². The number of halogens is 2. The van der Waals surface area contributed by atoms with E-state index < -0.39 is 27.3 Å². The number of phenolic OH excluding ortho intramolecular Hbond substituents is 1. The third-order valence-corrected chi connectivity index (χ3v) is 5.96. The number of ether oxygens (including phenoxy) is 1. The SMILES string of the molecule is COc1cc2c(cc1S(=O)(=O)Nc1c(O)ccc(Br)c1F)CCC2. The first kappa shape index (κ1) is 17.0. The van der Waals surface area contributed by atoms with Crippen molar-refractivity contribution in [3.63, 3.8) is 0 Å². The number of hydrogen-bond donors (Lipinski definition) is 2. The van der Waals surface area contributed by atoms with Crippen LogP contribution in [0, 0.1) is 5.82 Å². The Morgan fingerprint density at radius 1 is 1.25 bits per heavy atom. The molecule has 8 heteroatoms. The van der Waals surface area contributed by atoms with Crippen LogP contribution in [-0.4, -0.2) is 20.6 Å². The first-order valence-electron chi connectivity index (χ1n) is 7.23. The third kappa shape index (κ3) is 2.95. The second-order valence-corrected chi connectivity index (χ2v) is 7.99. The van der Waals surface area contributed by atoms with Gasteiger partial charge in [0, 0.05) is 0 Å². The van der Waals surface area contributed by atoms with E-state index in [1.165, 1.54) is 19.2 Å². The van der Waals surface area contributed by atoms with Gasteiger partial charge in [0.1, 0.15) is 22.1 Å². The third-order valence-electron chi connectivity index (χ3n) is 3.98. The van der Waals surface area contributed by atoms with Crippen LogP contribution in [0.3, 0.4) is 0 Å². The Hall–Kier alpha value is -1.80. The van der Waals surface area contributed by atoms with Gasteiger partial charge in [-0.05, 0) is 70.6 Å². The molecule has 2 aromatic carbocycles. The number of nitrogens with one attached hydrogen (secondary N) is 1. The zero-order valence-corrected chi connectivity index (χ0v) is 15.2. The van der Waals surface area contributed by atoms with E-state index in [4.69, 9.17) is 4.74 Å². The molecule has 0 saturated carbocycles. The summed E-state index contributed by atoms with van der Waals surface area (Å²) in [5.74, 6) is -1.20. The predicted octanol–water partition coefficient (Wildman–Crippen LogP) is 3.59. The van der Waals surface area contributed by atoms with Gasteiger partial charge in [0.15, 0.2) is 5.82 Å². The lowest BCUT2D eigenvalue weighted by molar-refractivity contribution is 0.402. The molecule has 0 aromatic heterocycles. The van der Waals surface area contributed by atoms with Gasteiger partial charge in [-0.15, -0.1) is 0 Å². The molecule has 0 aliphatic heterocycles. The lowest BCUT2D eigenvalue weighted by atomic mass is 10.1. The fourth-order valence-corrected chi connectivity index (χ4v) is 4.38. The number of sulfonamides is 1. The van der Waals surface area contributed by atoms with Crippen LogP contribution in [0.4, 0.5) is 10.1 Å². The molecule has 3 rings (SSSR count). The highest BCUT2D eigenvalue weighted by Crippen LogP contribution is 2.36. The summed E-state index contributed by atoms with van der Waals surface area (Å²) in [6.45, 7) is 0. The zero-order valence-electron chi connectivity index (χ0n) is 12.8. The summed E-state index contributed by atoms with van der Waals surface area (Å²) in [5.41, 5.74) is 1.49. The Kier molecular flexibility index (Phi) is 4.44. The van der Waals surface area contributed by atoms with Crippen molar-refractivity contribution >= 4 is 31.6 Å². The first-order chi connectivity index (χ1) is 11.3. The van der Waals surface area contributed by atoms with Crippen molar-refractivity contribution in [1.29, 1.82) is 0 Å². The number of anilines is 1. The molecule has 5 nitrogen and oxygen atoms in total. The minimum Gasteiger partial charge on any atom is -0.506 e. The highest BCUT2D eigenvalue weighted by Gasteiger charge is 2.26. The molecular formula is C16H15BrFNO4S. The average molecular weight is 416 g/mol. The molecule has 0 unspecified atom stereocenters. The van der Waals surface area contributed by atoms with E-state index in [0.717, 1.165) is 30.4 Å². The molecule has 0 radical (unpaired) electrons. The lowest BCUT2D eigenvalue weighted by Crippen LogP contribution is -2.16. The van der Waals surface area contributed by atoms with Gasteiger partial charge in [-0.2, -0.15) is 0 Å². The molecule has 2 aromatic rings. The Morgan fingerprint density at radius 3 is 2.58 bits per heavy atom. The molecule has 1 aliphatic rings. The number of hydrogen-bond acceptors (Lipinski definition) is 4. The fourth-order valence-electron chi connectivity index (χ4n) is 2.78. The normalized spacial score (nSPS) is 13.6. The fraction of sp³-hybridized carbons (Fsp3) is 0.250. The Balaban J connectivity index is 2.08. The van der Waals surface area contributed by atoms with Crippen LogP contribution in [0.15, 0.2) is 33.6 Å². The molecule has 0 atom stereocenters. The van der Waals surface area contributed by atoms with Gasteiger partial charge in [-0.1, -0.05) is 0 Å². The molecule has 0 saturated heterocycles. The summed E-state index contributed by atoms with van der Waals surface area (Å²) < 4.78 is 46.9. The van der Waals surface area contributed by atoms with Gasteiger partial charge in [-0.3, -0.25) is 4.72 Å². The van der Waals surface area contributed by atoms with Crippen molar-refractivity contribution < 1.29 is 22.7 Å². The van der Waals surface area contributed by atoms with Gasteiger partial charge in [-0.25, -0.2) is 12.8 Å². The molecule has 0 spiro atoms. The molecule has 0 bridgehead atoms. The molecule has 0 fully saturated rings. The Bertz CT molecular complexity index is 915. The number of aromatic hydroxyl groups is 1. The van der Waals surface area contributed by atoms with Crippen LogP contribution in [0.25, 0.3) is 0 Å². The number of methoxy groups -OCH3 is 1.